The van der Waals surface area contributed by atoms with Crippen molar-refractivity contribution < 1.29 is 9.53 Å². The zero-order chi connectivity index (χ0) is 20.1. The molecule has 3 saturated heterocycles. The van der Waals surface area contributed by atoms with Crippen LogP contribution in [0, 0.1) is 5.92 Å². The Kier molecular flexibility index (Phi) is 4.41. The Balaban J connectivity index is 1.38. The molecule has 6 heteroatoms. The number of amides is 1. The molecule has 4 fully saturated rings. The largest absolute Gasteiger partial charge is 0.371 e. The molecule has 156 valence electrons. The number of pyridine rings is 1. The fourth-order valence-corrected chi connectivity index (χ4v) is 5.44. The average Bonchev–Trinajstić information content (AvgIpc) is 2.95. The van der Waals surface area contributed by atoms with Crippen LogP contribution < -0.4 is 15.1 Å². The number of rotatable bonds is 2. The molecule has 0 spiro atoms. The quantitative estimate of drug-likeness (QED) is 0.812. The molecule has 6 nitrogen and oxygen atoms in total. The van der Waals surface area contributed by atoms with Crippen molar-refractivity contribution in [2.45, 2.75) is 57.3 Å². The highest BCUT2D eigenvalue weighted by Gasteiger charge is 2.39. The molecule has 1 N–H and O–H groups in total. The third-order valence-corrected chi connectivity index (χ3v) is 7.09. The van der Waals surface area contributed by atoms with Gasteiger partial charge in [-0.1, -0.05) is 25.3 Å². The Hall–Kier alpha value is -2.60. The van der Waals surface area contributed by atoms with Crippen molar-refractivity contribution >= 4 is 28.8 Å². The van der Waals surface area contributed by atoms with Crippen molar-refractivity contribution in [2.75, 3.05) is 28.2 Å². The Morgan fingerprint density at radius 2 is 1.90 bits per heavy atom. The minimum absolute atomic E-state index is 0.129. The van der Waals surface area contributed by atoms with Crippen LogP contribution in [0.1, 0.15) is 44.1 Å². The van der Waals surface area contributed by atoms with Crippen LogP contribution in [0.5, 0.6) is 0 Å². The monoisotopic (exact) mass is 404 g/mol. The number of piperidine rings is 1. The lowest BCUT2D eigenvalue weighted by Crippen LogP contribution is -2.57. The predicted octanol–water partition coefficient (Wildman–Crippen LogP) is 4.23. The molecule has 1 saturated carbocycles. The van der Waals surface area contributed by atoms with Gasteiger partial charge in [-0.05, 0) is 37.1 Å². The lowest BCUT2D eigenvalue weighted by atomic mass is 9.88. The molecule has 0 radical (unpaired) electrons. The minimum atomic E-state index is 0.129. The number of anilines is 4. The van der Waals surface area contributed by atoms with Gasteiger partial charge < -0.3 is 19.9 Å². The number of morpholine rings is 1. The summed E-state index contributed by atoms with van der Waals surface area (Å²) >= 11 is 0. The summed E-state index contributed by atoms with van der Waals surface area (Å²) < 4.78 is 5.81. The van der Waals surface area contributed by atoms with E-state index < -0.39 is 0 Å². The normalized spacial score (nSPS) is 25.5. The van der Waals surface area contributed by atoms with Crippen LogP contribution in [-0.4, -0.2) is 36.2 Å². The van der Waals surface area contributed by atoms with E-state index >= 15 is 0 Å². The highest BCUT2D eigenvalue weighted by Crippen LogP contribution is 2.41. The van der Waals surface area contributed by atoms with E-state index in [4.69, 9.17) is 4.74 Å². The molecular formula is C24H28N4O2. The molecule has 7 rings (SSSR count). The highest BCUT2D eigenvalue weighted by molar-refractivity contribution is 6.00. The second kappa shape index (κ2) is 7.27. The predicted molar refractivity (Wildman–Crippen MR) is 117 cm³/mol. The van der Waals surface area contributed by atoms with Crippen LogP contribution >= 0.6 is 0 Å². The van der Waals surface area contributed by atoms with Crippen molar-refractivity contribution in [3.8, 4) is 0 Å². The van der Waals surface area contributed by atoms with E-state index in [1.54, 1.807) is 6.20 Å². The zero-order valence-electron chi connectivity index (χ0n) is 17.2. The smallest absolute Gasteiger partial charge is 0.230 e. The number of aromatic nitrogens is 1. The Bertz CT molecular complexity index is 955. The molecule has 5 aliphatic rings. The lowest BCUT2D eigenvalue weighted by Gasteiger charge is -2.48. The third kappa shape index (κ3) is 3.14. The standard InChI is InChI=1S/C24H28N4O2/c29-24(16-5-2-1-3-6-16)28-13-17-7-4-10-25-23(17)26-21-9-8-18(11-22(21)28)27-14-19-12-20(15-27)30-19/h4,7-11,16,19-20H,1-3,5-6,12-15H2,(H,25,26). The van der Waals surface area contributed by atoms with Gasteiger partial charge in [0.25, 0.3) is 0 Å². The van der Waals surface area contributed by atoms with Gasteiger partial charge in [-0.15, -0.1) is 0 Å². The van der Waals surface area contributed by atoms with Gasteiger partial charge in [0.05, 0.1) is 30.1 Å². The van der Waals surface area contributed by atoms with Crippen molar-refractivity contribution in [2.24, 2.45) is 5.92 Å². The van der Waals surface area contributed by atoms with Crippen LogP contribution in [0.2, 0.25) is 0 Å². The van der Waals surface area contributed by atoms with E-state index in [0.717, 1.165) is 61.5 Å². The molecule has 4 aliphatic heterocycles. The first-order valence-corrected chi connectivity index (χ1v) is 11.3. The topological polar surface area (TPSA) is 57.7 Å². The molecule has 1 amide bonds. The van der Waals surface area contributed by atoms with Crippen LogP contribution in [0.25, 0.3) is 0 Å². The number of ether oxygens (including phenoxy) is 1. The first kappa shape index (κ1) is 18.2. The van der Waals surface area contributed by atoms with E-state index in [1.165, 1.54) is 18.5 Å². The van der Waals surface area contributed by atoms with Crippen LogP contribution in [0.4, 0.5) is 22.9 Å². The number of hydrogen-bond donors (Lipinski definition) is 1. The summed E-state index contributed by atoms with van der Waals surface area (Å²) in [7, 11) is 0. The molecule has 2 unspecified atom stereocenters. The third-order valence-electron chi connectivity index (χ3n) is 7.09. The van der Waals surface area contributed by atoms with Gasteiger partial charge in [-0.25, -0.2) is 4.98 Å². The van der Waals surface area contributed by atoms with Gasteiger partial charge >= 0.3 is 0 Å². The van der Waals surface area contributed by atoms with Crippen molar-refractivity contribution in [3.05, 3.63) is 42.1 Å². The Morgan fingerprint density at radius 1 is 1.10 bits per heavy atom. The summed E-state index contributed by atoms with van der Waals surface area (Å²) in [5.74, 6) is 1.24. The van der Waals surface area contributed by atoms with Gasteiger partial charge in [0, 0.05) is 42.9 Å². The van der Waals surface area contributed by atoms with Crippen molar-refractivity contribution in [1.29, 1.82) is 0 Å². The Labute approximate surface area is 177 Å². The maximum Gasteiger partial charge on any atom is 0.230 e. The van der Waals surface area contributed by atoms with E-state index in [-0.39, 0.29) is 11.8 Å². The van der Waals surface area contributed by atoms with E-state index in [2.05, 4.69) is 39.5 Å². The first-order chi connectivity index (χ1) is 14.7. The maximum absolute atomic E-state index is 13.7. The summed E-state index contributed by atoms with van der Waals surface area (Å²) in [6.45, 7) is 2.43. The fraction of sp³-hybridized carbons (Fsp3) is 0.500. The van der Waals surface area contributed by atoms with E-state index in [9.17, 15) is 4.79 Å². The number of nitrogens with one attached hydrogen (secondary N) is 1. The van der Waals surface area contributed by atoms with Crippen LogP contribution in [0.3, 0.4) is 0 Å². The Morgan fingerprint density at radius 3 is 2.70 bits per heavy atom. The molecule has 1 aromatic carbocycles. The maximum atomic E-state index is 13.7. The average molecular weight is 405 g/mol. The molecular weight excluding hydrogens is 376 g/mol. The summed E-state index contributed by atoms with van der Waals surface area (Å²) in [5.41, 5.74) is 4.17. The van der Waals surface area contributed by atoms with Gasteiger partial charge in [-0.2, -0.15) is 0 Å². The van der Waals surface area contributed by atoms with Crippen molar-refractivity contribution in [3.63, 3.8) is 0 Å². The molecule has 30 heavy (non-hydrogen) atoms. The number of fused-ring (bicyclic) bond motifs is 4. The molecule has 1 aliphatic carbocycles. The van der Waals surface area contributed by atoms with Gasteiger partial charge in [0.15, 0.2) is 0 Å². The zero-order valence-corrected chi connectivity index (χ0v) is 17.2. The first-order valence-electron chi connectivity index (χ1n) is 11.3. The molecule has 2 atom stereocenters. The number of benzene rings is 1. The molecule has 5 heterocycles. The summed E-state index contributed by atoms with van der Waals surface area (Å²) in [4.78, 5) is 22.6. The van der Waals surface area contributed by atoms with Crippen LogP contribution in [-0.2, 0) is 16.1 Å². The minimum Gasteiger partial charge on any atom is -0.371 e. The van der Waals surface area contributed by atoms with Gasteiger partial charge in [0.2, 0.25) is 5.91 Å². The number of nitrogens with zero attached hydrogens (tertiary/aromatic N) is 3. The van der Waals surface area contributed by atoms with Gasteiger partial charge in [-0.3, -0.25) is 4.79 Å². The highest BCUT2D eigenvalue weighted by atomic mass is 16.5. The fourth-order valence-electron chi connectivity index (χ4n) is 5.44. The van der Waals surface area contributed by atoms with Crippen molar-refractivity contribution in [1.82, 2.24) is 4.98 Å². The second-order valence-electron chi connectivity index (χ2n) is 9.12. The molecule has 1 aromatic heterocycles. The van der Waals surface area contributed by atoms with Crippen LogP contribution in [0.15, 0.2) is 36.5 Å². The van der Waals surface area contributed by atoms with E-state index in [0.29, 0.717) is 18.8 Å². The van der Waals surface area contributed by atoms with Gasteiger partial charge in [0.1, 0.15) is 5.82 Å². The second-order valence-corrected chi connectivity index (χ2v) is 9.12. The SMILES string of the molecule is O=C(C1CCCCC1)N1Cc2cccnc2Nc2ccc(N3CC4CC(C3)O4)cc21. The van der Waals surface area contributed by atoms with E-state index in [1.807, 2.05) is 11.0 Å². The molecule has 2 bridgehead atoms. The number of carbonyl (C=O) groups excluding carboxylic acids is 1. The molecule has 2 aromatic rings. The summed E-state index contributed by atoms with van der Waals surface area (Å²) in [6.07, 6.45) is 9.26. The summed E-state index contributed by atoms with van der Waals surface area (Å²) in [5, 5.41) is 3.49. The summed E-state index contributed by atoms with van der Waals surface area (Å²) in [6, 6.07) is 10.5. The number of carbonyl (C=O) groups is 1. The lowest BCUT2D eigenvalue weighted by molar-refractivity contribution is -0.133. The number of hydrogen-bond acceptors (Lipinski definition) is 5.